The van der Waals surface area contributed by atoms with Crippen LogP contribution in [0.2, 0.25) is 0 Å². The molecule has 1 unspecified atom stereocenters. The highest BCUT2D eigenvalue weighted by atomic mass is 19.2. The number of hydrogen-bond donors (Lipinski definition) is 1. The molecule has 0 spiro atoms. The fourth-order valence-corrected chi connectivity index (χ4v) is 3.74. The van der Waals surface area contributed by atoms with Gasteiger partial charge in [0.2, 0.25) is 5.91 Å². The third-order valence-electron chi connectivity index (χ3n) is 5.07. The number of nitrogens with zero attached hydrogens (tertiary/aromatic N) is 1. The fraction of sp³-hybridized carbons (Fsp3) is 0.381. The van der Waals surface area contributed by atoms with E-state index in [1.807, 2.05) is 18.2 Å². The molecule has 1 fully saturated rings. The SMILES string of the molecule is O=C(CN1CCCC1c1ccc2c(c1)OCCCO2)Nc1ccc(F)c(F)c1. The number of anilines is 1. The van der Waals surface area contributed by atoms with Crippen molar-refractivity contribution >= 4 is 11.6 Å². The number of benzene rings is 2. The van der Waals surface area contributed by atoms with Crippen molar-refractivity contribution in [1.29, 1.82) is 0 Å². The number of carbonyl (C=O) groups is 1. The molecule has 0 saturated carbocycles. The van der Waals surface area contributed by atoms with E-state index in [2.05, 4.69) is 10.2 Å². The van der Waals surface area contributed by atoms with Crippen LogP contribution in [0.25, 0.3) is 0 Å². The maximum Gasteiger partial charge on any atom is 0.238 e. The molecular weight excluding hydrogens is 366 g/mol. The monoisotopic (exact) mass is 388 g/mol. The van der Waals surface area contributed by atoms with E-state index in [4.69, 9.17) is 9.47 Å². The number of rotatable bonds is 4. The fourth-order valence-electron chi connectivity index (χ4n) is 3.74. The first-order valence-electron chi connectivity index (χ1n) is 9.48. The molecule has 0 aliphatic carbocycles. The summed E-state index contributed by atoms with van der Waals surface area (Å²) in [6.07, 6.45) is 2.78. The summed E-state index contributed by atoms with van der Waals surface area (Å²) in [5, 5.41) is 2.64. The lowest BCUT2D eigenvalue weighted by Gasteiger charge is -2.25. The van der Waals surface area contributed by atoms with Gasteiger partial charge in [-0.25, -0.2) is 8.78 Å². The lowest BCUT2D eigenvalue weighted by Crippen LogP contribution is -2.33. The van der Waals surface area contributed by atoms with Crippen molar-refractivity contribution in [3.8, 4) is 11.5 Å². The highest BCUT2D eigenvalue weighted by Gasteiger charge is 2.28. The van der Waals surface area contributed by atoms with E-state index in [0.717, 1.165) is 55.0 Å². The smallest absolute Gasteiger partial charge is 0.238 e. The van der Waals surface area contributed by atoms with E-state index in [9.17, 15) is 13.6 Å². The first-order chi connectivity index (χ1) is 13.6. The Morgan fingerprint density at radius 2 is 1.86 bits per heavy atom. The maximum absolute atomic E-state index is 13.3. The molecule has 7 heteroatoms. The van der Waals surface area contributed by atoms with Gasteiger partial charge in [0.05, 0.1) is 19.8 Å². The first kappa shape index (κ1) is 18.7. The summed E-state index contributed by atoms with van der Waals surface area (Å²) in [5.74, 6) is -0.682. The minimum Gasteiger partial charge on any atom is -0.490 e. The van der Waals surface area contributed by atoms with E-state index in [1.54, 1.807) is 0 Å². The predicted octanol–water partition coefficient (Wildman–Crippen LogP) is 3.90. The summed E-state index contributed by atoms with van der Waals surface area (Å²) in [6.45, 7) is 2.25. The van der Waals surface area contributed by atoms with Crippen molar-refractivity contribution in [3.05, 3.63) is 53.6 Å². The third kappa shape index (κ3) is 4.09. The van der Waals surface area contributed by atoms with Gasteiger partial charge >= 0.3 is 0 Å². The molecule has 28 heavy (non-hydrogen) atoms. The molecule has 148 valence electrons. The lowest BCUT2D eigenvalue weighted by atomic mass is 10.0. The normalized spacial score (nSPS) is 19.3. The number of amides is 1. The molecule has 1 N–H and O–H groups in total. The summed E-state index contributed by atoms with van der Waals surface area (Å²) >= 11 is 0. The average molecular weight is 388 g/mol. The van der Waals surface area contributed by atoms with Gasteiger partial charge in [-0.3, -0.25) is 9.69 Å². The average Bonchev–Trinajstić information content (AvgIpc) is 3.00. The van der Waals surface area contributed by atoms with E-state index in [-0.39, 0.29) is 24.2 Å². The second-order valence-electron chi connectivity index (χ2n) is 7.06. The van der Waals surface area contributed by atoms with Crippen LogP contribution in [0.15, 0.2) is 36.4 Å². The highest BCUT2D eigenvalue weighted by Crippen LogP contribution is 2.37. The quantitative estimate of drug-likeness (QED) is 0.863. The topological polar surface area (TPSA) is 50.8 Å². The van der Waals surface area contributed by atoms with Crippen molar-refractivity contribution in [2.45, 2.75) is 25.3 Å². The van der Waals surface area contributed by atoms with Gasteiger partial charge in [-0.15, -0.1) is 0 Å². The van der Waals surface area contributed by atoms with E-state index < -0.39 is 11.6 Å². The van der Waals surface area contributed by atoms with Gasteiger partial charge in [-0.05, 0) is 49.2 Å². The summed E-state index contributed by atoms with van der Waals surface area (Å²) in [4.78, 5) is 14.5. The molecule has 1 saturated heterocycles. The second kappa shape index (κ2) is 8.14. The van der Waals surface area contributed by atoms with Gasteiger partial charge in [0.25, 0.3) is 0 Å². The second-order valence-corrected chi connectivity index (χ2v) is 7.06. The molecule has 0 radical (unpaired) electrons. The van der Waals surface area contributed by atoms with Crippen LogP contribution in [0.3, 0.4) is 0 Å². The molecule has 2 heterocycles. The number of ether oxygens (including phenoxy) is 2. The van der Waals surface area contributed by atoms with Gasteiger partial charge in [0, 0.05) is 24.2 Å². The Bertz CT molecular complexity index is 875. The molecule has 0 aromatic heterocycles. The van der Waals surface area contributed by atoms with Crippen molar-refractivity contribution in [2.75, 3.05) is 31.6 Å². The molecule has 1 amide bonds. The molecule has 1 atom stereocenters. The minimum absolute atomic E-state index is 0.104. The molecule has 2 aromatic carbocycles. The van der Waals surface area contributed by atoms with E-state index in [1.165, 1.54) is 6.07 Å². The van der Waals surface area contributed by atoms with Crippen LogP contribution in [0.5, 0.6) is 11.5 Å². The van der Waals surface area contributed by atoms with E-state index >= 15 is 0 Å². The first-order valence-corrected chi connectivity index (χ1v) is 9.48. The summed E-state index contributed by atoms with van der Waals surface area (Å²) in [6, 6.07) is 9.38. The van der Waals surface area contributed by atoms with Crippen molar-refractivity contribution in [3.63, 3.8) is 0 Å². The molecule has 2 aliphatic rings. The van der Waals surface area contributed by atoms with Gasteiger partial charge in [0.15, 0.2) is 23.1 Å². The minimum atomic E-state index is -0.982. The summed E-state index contributed by atoms with van der Waals surface area (Å²) in [5.41, 5.74) is 1.33. The van der Waals surface area contributed by atoms with Crippen molar-refractivity contribution in [1.82, 2.24) is 4.90 Å². The van der Waals surface area contributed by atoms with Crippen LogP contribution in [0.1, 0.15) is 30.9 Å². The Hall–Kier alpha value is -2.67. The zero-order valence-electron chi connectivity index (χ0n) is 15.4. The number of hydrogen-bond acceptors (Lipinski definition) is 4. The number of likely N-dealkylation sites (tertiary alicyclic amines) is 1. The largest absolute Gasteiger partial charge is 0.490 e. The number of halogens is 2. The number of nitrogens with one attached hydrogen (secondary N) is 1. The molecule has 4 rings (SSSR count). The van der Waals surface area contributed by atoms with Crippen molar-refractivity contribution < 1.29 is 23.0 Å². The van der Waals surface area contributed by atoms with Crippen LogP contribution < -0.4 is 14.8 Å². The van der Waals surface area contributed by atoms with Crippen LogP contribution in [-0.2, 0) is 4.79 Å². The van der Waals surface area contributed by atoms with Crippen LogP contribution in [0, 0.1) is 11.6 Å². The lowest BCUT2D eigenvalue weighted by molar-refractivity contribution is -0.117. The van der Waals surface area contributed by atoms with Gasteiger partial charge in [0.1, 0.15) is 0 Å². The molecule has 2 aliphatic heterocycles. The Kier molecular flexibility index (Phi) is 5.43. The summed E-state index contributed by atoms with van der Waals surface area (Å²) in [7, 11) is 0. The van der Waals surface area contributed by atoms with Crippen LogP contribution >= 0.6 is 0 Å². The van der Waals surface area contributed by atoms with Crippen LogP contribution in [0.4, 0.5) is 14.5 Å². The third-order valence-corrected chi connectivity index (χ3v) is 5.07. The number of carbonyl (C=O) groups excluding carboxylic acids is 1. The maximum atomic E-state index is 13.3. The standard InChI is InChI=1S/C21H22F2N2O3/c22-16-6-5-15(12-17(16)23)24-21(26)13-25-8-1-3-18(25)14-4-7-19-20(11-14)28-10-2-9-27-19/h4-7,11-12,18H,1-3,8-10,13H2,(H,24,26). The summed E-state index contributed by atoms with van der Waals surface area (Å²) < 4.78 is 37.8. The van der Waals surface area contributed by atoms with Gasteiger partial charge < -0.3 is 14.8 Å². The van der Waals surface area contributed by atoms with Crippen molar-refractivity contribution in [2.24, 2.45) is 0 Å². The zero-order chi connectivity index (χ0) is 19.5. The van der Waals surface area contributed by atoms with Gasteiger partial charge in [-0.2, -0.15) is 0 Å². The Balaban J connectivity index is 1.44. The molecule has 0 bridgehead atoms. The Morgan fingerprint density at radius 1 is 1.04 bits per heavy atom. The van der Waals surface area contributed by atoms with Crippen LogP contribution in [-0.4, -0.2) is 37.1 Å². The zero-order valence-corrected chi connectivity index (χ0v) is 15.4. The Morgan fingerprint density at radius 3 is 2.68 bits per heavy atom. The molecule has 2 aromatic rings. The Labute approximate surface area is 162 Å². The predicted molar refractivity (Wildman–Crippen MR) is 101 cm³/mol. The number of fused-ring (bicyclic) bond motifs is 1. The highest BCUT2D eigenvalue weighted by molar-refractivity contribution is 5.92. The molecular formula is C21H22F2N2O3. The van der Waals surface area contributed by atoms with Gasteiger partial charge in [-0.1, -0.05) is 6.07 Å². The molecule has 5 nitrogen and oxygen atoms in total. The van der Waals surface area contributed by atoms with E-state index in [0.29, 0.717) is 13.2 Å².